The van der Waals surface area contributed by atoms with Crippen molar-refractivity contribution < 1.29 is 8.42 Å². The molecule has 1 heterocycles. The molecule has 0 unspecified atom stereocenters. The van der Waals surface area contributed by atoms with Gasteiger partial charge >= 0.3 is 0 Å². The average molecular weight is 347 g/mol. The van der Waals surface area contributed by atoms with Crippen LogP contribution < -0.4 is 4.72 Å². The number of rotatable bonds is 6. The van der Waals surface area contributed by atoms with Gasteiger partial charge in [0.25, 0.3) is 0 Å². The second-order valence-electron chi connectivity index (χ2n) is 3.26. The van der Waals surface area contributed by atoms with E-state index in [1.54, 1.807) is 13.0 Å². The largest absolute Gasteiger partial charge is 0.241 e. The van der Waals surface area contributed by atoms with Crippen molar-refractivity contribution in [1.82, 2.24) is 4.72 Å². The van der Waals surface area contributed by atoms with Crippen LogP contribution in [0.25, 0.3) is 0 Å². The summed E-state index contributed by atoms with van der Waals surface area (Å²) in [6, 6.07) is 1.63. The summed E-state index contributed by atoms with van der Waals surface area (Å²) >= 11 is 10.2. The van der Waals surface area contributed by atoms with Crippen LogP contribution >= 0.6 is 38.9 Å². The molecule has 16 heavy (non-hydrogen) atoms. The van der Waals surface area contributed by atoms with Crippen LogP contribution in [0, 0.1) is 6.92 Å². The van der Waals surface area contributed by atoms with Gasteiger partial charge in [0.1, 0.15) is 0 Å². The van der Waals surface area contributed by atoms with Crippen LogP contribution in [-0.4, -0.2) is 20.8 Å². The maximum Gasteiger partial charge on any atom is 0.241 e. The van der Waals surface area contributed by atoms with E-state index in [0.717, 1.165) is 21.5 Å². The zero-order valence-electron chi connectivity index (χ0n) is 8.79. The third kappa shape index (κ3) is 4.00. The van der Waals surface area contributed by atoms with E-state index in [2.05, 4.69) is 20.7 Å². The van der Waals surface area contributed by atoms with Crippen molar-refractivity contribution in [2.75, 3.05) is 12.4 Å². The minimum atomic E-state index is -3.36. The predicted molar refractivity (Wildman–Crippen MR) is 71.9 cm³/mol. The molecule has 7 heteroatoms. The molecule has 0 saturated carbocycles. The van der Waals surface area contributed by atoms with Crippen molar-refractivity contribution in [3.05, 3.63) is 14.7 Å². The molecule has 0 fully saturated rings. The average Bonchev–Trinajstić information content (AvgIpc) is 2.53. The molecule has 0 aromatic carbocycles. The molecule has 1 rings (SSSR count). The van der Waals surface area contributed by atoms with Gasteiger partial charge in [0.15, 0.2) is 0 Å². The van der Waals surface area contributed by atoms with Gasteiger partial charge in [0, 0.05) is 17.3 Å². The fourth-order valence-corrected chi connectivity index (χ4v) is 4.88. The van der Waals surface area contributed by atoms with Gasteiger partial charge in [-0.05, 0) is 41.8 Å². The highest BCUT2D eigenvalue weighted by Gasteiger charge is 2.18. The fraction of sp³-hybridized carbons (Fsp3) is 0.556. The molecule has 0 aliphatic rings. The van der Waals surface area contributed by atoms with Crippen molar-refractivity contribution in [1.29, 1.82) is 0 Å². The molecule has 0 aliphatic carbocycles. The van der Waals surface area contributed by atoms with E-state index in [1.165, 1.54) is 11.3 Å². The molecule has 92 valence electrons. The van der Waals surface area contributed by atoms with E-state index in [4.69, 9.17) is 11.6 Å². The molecule has 0 bridgehead atoms. The zero-order chi connectivity index (χ0) is 12.2. The lowest BCUT2D eigenvalue weighted by Crippen LogP contribution is -2.25. The van der Waals surface area contributed by atoms with E-state index < -0.39 is 10.0 Å². The number of sulfonamides is 1. The first-order valence-corrected chi connectivity index (χ1v) is 8.41. The molecule has 0 spiro atoms. The number of alkyl halides is 1. The molecule has 1 aromatic rings. The molecule has 0 atom stereocenters. The van der Waals surface area contributed by atoms with Gasteiger partial charge in [-0.25, -0.2) is 13.1 Å². The van der Waals surface area contributed by atoms with Crippen molar-refractivity contribution in [2.24, 2.45) is 0 Å². The van der Waals surface area contributed by atoms with Crippen LogP contribution in [0.2, 0.25) is 0 Å². The minimum absolute atomic E-state index is 0.357. The first-order valence-electron chi connectivity index (χ1n) is 4.79. The molecule has 3 nitrogen and oxygen atoms in total. The normalized spacial score (nSPS) is 11.9. The summed E-state index contributed by atoms with van der Waals surface area (Å²) < 4.78 is 27.1. The third-order valence-electron chi connectivity index (χ3n) is 1.98. The van der Waals surface area contributed by atoms with Crippen molar-refractivity contribution in [3.8, 4) is 0 Å². The van der Waals surface area contributed by atoms with Crippen molar-refractivity contribution in [2.45, 2.75) is 24.7 Å². The van der Waals surface area contributed by atoms with Gasteiger partial charge in [-0.1, -0.05) is 0 Å². The Hall–Kier alpha value is 0.380. The third-order valence-corrected chi connectivity index (χ3v) is 5.52. The second kappa shape index (κ2) is 6.35. The lowest BCUT2D eigenvalue weighted by atomic mass is 10.3. The molecule has 0 aliphatic heterocycles. The van der Waals surface area contributed by atoms with Crippen LogP contribution in [0.15, 0.2) is 14.7 Å². The van der Waals surface area contributed by atoms with Crippen LogP contribution in [0.5, 0.6) is 0 Å². The Labute approximate surface area is 113 Å². The minimum Gasteiger partial charge on any atom is -0.211 e. The van der Waals surface area contributed by atoms with Crippen LogP contribution in [0.4, 0.5) is 0 Å². The Morgan fingerprint density at radius 3 is 2.69 bits per heavy atom. The molecule has 1 aromatic heterocycles. The van der Waals surface area contributed by atoms with E-state index in [9.17, 15) is 8.42 Å². The van der Waals surface area contributed by atoms with E-state index in [1.807, 2.05) is 0 Å². The standard InChI is InChI=1S/C9H13BrClNO2S2/c1-7-8(6-9(10)15-7)16(13,14)12-5-3-2-4-11/h6,12H,2-5H2,1H3. The van der Waals surface area contributed by atoms with E-state index in [0.29, 0.717) is 17.3 Å². The molecule has 0 radical (unpaired) electrons. The number of thiophene rings is 1. The van der Waals surface area contributed by atoms with Gasteiger partial charge in [-0.3, -0.25) is 0 Å². The van der Waals surface area contributed by atoms with Crippen LogP contribution in [0.1, 0.15) is 17.7 Å². The maximum absolute atomic E-state index is 11.9. The van der Waals surface area contributed by atoms with E-state index in [-0.39, 0.29) is 0 Å². The molecular weight excluding hydrogens is 334 g/mol. The second-order valence-corrected chi connectivity index (χ2v) is 8.01. The molecule has 0 amide bonds. The summed E-state index contributed by atoms with van der Waals surface area (Å²) in [7, 11) is -3.36. The first kappa shape index (κ1) is 14.4. The number of halogens is 2. The fourth-order valence-electron chi connectivity index (χ4n) is 1.20. The highest BCUT2D eigenvalue weighted by atomic mass is 79.9. The predicted octanol–water partition coefficient (Wildman–Crippen LogP) is 3.12. The Bertz CT molecular complexity index is 444. The van der Waals surface area contributed by atoms with Gasteiger partial charge < -0.3 is 0 Å². The smallest absolute Gasteiger partial charge is 0.211 e. The van der Waals surface area contributed by atoms with Gasteiger partial charge in [-0.2, -0.15) is 0 Å². The molecular formula is C9H13BrClNO2S2. The summed E-state index contributed by atoms with van der Waals surface area (Å²) in [5.74, 6) is 0.560. The molecule has 0 saturated heterocycles. The number of hydrogen-bond acceptors (Lipinski definition) is 3. The number of hydrogen-bond donors (Lipinski definition) is 1. The Kier molecular flexibility index (Phi) is 5.73. The summed E-state index contributed by atoms with van der Waals surface area (Å²) in [6.45, 7) is 2.23. The summed E-state index contributed by atoms with van der Waals surface area (Å²) in [5.41, 5.74) is 0. The van der Waals surface area contributed by atoms with Gasteiger partial charge in [0.05, 0.1) is 8.68 Å². The van der Waals surface area contributed by atoms with Crippen molar-refractivity contribution >= 4 is 48.9 Å². The summed E-state index contributed by atoms with van der Waals surface area (Å²) in [4.78, 5) is 1.15. The van der Waals surface area contributed by atoms with Gasteiger partial charge in [0.2, 0.25) is 10.0 Å². The van der Waals surface area contributed by atoms with E-state index >= 15 is 0 Å². The summed E-state index contributed by atoms with van der Waals surface area (Å²) in [5, 5.41) is 0. The maximum atomic E-state index is 11.9. The monoisotopic (exact) mass is 345 g/mol. The Morgan fingerprint density at radius 2 is 2.19 bits per heavy atom. The lowest BCUT2D eigenvalue weighted by Gasteiger charge is -2.05. The molecule has 1 N–H and O–H groups in total. The van der Waals surface area contributed by atoms with Crippen LogP contribution in [-0.2, 0) is 10.0 Å². The Balaban J connectivity index is 2.67. The highest BCUT2D eigenvalue weighted by Crippen LogP contribution is 2.29. The highest BCUT2D eigenvalue weighted by molar-refractivity contribution is 9.11. The number of unbranched alkanes of at least 4 members (excludes halogenated alkanes) is 1. The SMILES string of the molecule is Cc1sc(Br)cc1S(=O)(=O)NCCCCCl. The topological polar surface area (TPSA) is 46.2 Å². The van der Waals surface area contributed by atoms with Crippen molar-refractivity contribution in [3.63, 3.8) is 0 Å². The lowest BCUT2D eigenvalue weighted by molar-refractivity contribution is 0.578. The summed E-state index contributed by atoms with van der Waals surface area (Å²) in [6.07, 6.45) is 1.57. The zero-order valence-corrected chi connectivity index (χ0v) is 12.8. The number of nitrogens with one attached hydrogen (secondary N) is 1. The van der Waals surface area contributed by atoms with Crippen LogP contribution in [0.3, 0.4) is 0 Å². The quantitative estimate of drug-likeness (QED) is 0.635. The van der Waals surface area contributed by atoms with Gasteiger partial charge in [-0.15, -0.1) is 22.9 Å². The number of aryl methyl sites for hydroxylation is 1. The Morgan fingerprint density at radius 1 is 1.50 bits per heavy atom. The first-order chi connectivity index (χ1) is 7.47.